The zero-order chi connectivity index (χ0) is 14.4. The van der Waals surface area contributed by atoms with Crippen molar-refractivity contribution in [1.29, 1.82) is 0 Å². The van der Waals surface area contributed by atoms with Gasteiger partial charge in [-0.3, -0.25) is 4.57 Å². The fourth-order valence-electron chi connectivity index (χ4n) is 2.01. The van der Waals surface area contributed by atoms with Gasteiger partial charge in [-0.25, -0.2) is 0 Å². The summed E-state index contributed by atoms with van der Waals surface area (Å²) in [4.78, 5) is 3.11. The van der Waals surface area contributed by atoms with E-state index in [0.717, 1.165) is 21.2 Å². The molecule has 0 aliphatic carbocycles. The lowest BCUT2D eigenvalue weighted by atomic mass is 10.3. The van der Waals surface area contributed by atoms with Gasteiger partial charge in [-0.05, 0) is 58.5 Å². The van der Waals surface area contributed by atoms with E-state index in [9.17, 15) is 0 Å². The summed E-state index contributed by atoms with van der Waals surface area (Å²) < 4.78 is 3.10. The molecule has 0 bridgehead atoms. The zero-order valence-corrected chi connectivity index (χ0v) is 14.4. The topological polar surface area (TPSA) is 20.7 Å². The second kappa shape index (κ2) is 5.35. The van der Waals surface area contributed by atoms with E-state index in [0.29, 0.717) is 19.8 Å². The number of halogens is 4. The molecule has 3 aromatic rings. The largest absolute Gasteiger partial charge is 0.330 e. The maximum Gasteiger partial charge on any atom is 0.182 e. The van der Waals surface area contributed by atoms with Gasteiger partial charge in [0.05, 0.1) is 26.8 Å². The van der Waals surface area contributed by atoms with E-state index in [1.165, 1.54) is 0 Å². The highest BCUT2D eigenvalue weighted by Crippen LogP contribution is 2.36. The van der Waals surface area contributed by atoms with Gasteiger partial charge in [0.25, 0.3) is 0 Å². The van der Waals surface area contributed by atoms with Gasteiger partial charge in [0, 0.05) is 9.50 Å². The predicted molar refractivity (Wildman–Crippen MR) is 91.2 cm³/mol. The van der Waals surface area contributed by atoms with Gasteiger partial charge in [-0.1, -0.05) is 34.8 Å². The summed E-state index contributed by atoms with van der Waals surface area (Å²) in [7, 11) is 0. The Morgan fingerprint density at radius 3 is 2.55 bits per heavy atom. The van der Waals surface area contributed by atoms with Gasteiger partial charge in [0.2, 0.25) is 0 Å². The minimum absolute atomic E-state index is 0.438. The van der Waals surface area contributed by atoms with Crippen molar-refractivity contribution in [2.24, 2.45) is 0 Å². The fraction of sp³-hybridized carbons (Fsp3) is 0. The molecule has 0 atom stereocenters. The molecule has 20 heavy (non-hydrogen) atoms. The van der Waals surface area contributed by atoms with Crippen LogP contribution in [-0.2, 0) is 0 Å². The Hall–Kier alpha value is -0.520. The third-order valence-corrected chi connectivity index (χ3v) is 5.18. The lowest BCUT2D eigenvalue weighted by Crippen LogP contribution is -1.95. The van der Waals surface area contributed by atoms with E-state index >= 15 is 0 Å². The van der Waals surface area contributed by atoms with Crippen molar-refractivity contribution >= 4 is 74.0 Å². The highest BCUT2D eigenvalue weighted by molar-refractivity contribution is 9.10. The van der Waals surface area contributed by atoms with Gasteiger partial charge in [-0.2, -0.15) is 0 Å². The van der Waals surface area contributed by atoms with Crippen LogP contribution in [0.15, 0.2) is 34.8 Å². The molecule has 0 aliphatic heterocycles. The summed E-state index contributed by atoms with van der Waals surface area (Å²) in [5, 5.41) is 1.53. The van der Waals surface area contributed by atoms with Crippen molar-refractivity contribution in [3.8, 4) is 5.69 Å². The number of nitrogens with zero attached hydrogens (tertiary/aromatic N) is 1. The second-order valence-corrected chi connectivity index (χ2v) is 6.55. The summed E-state index contributed by atoms with van der Waals surface area (Å²) in [6, 6.07) is 9.20. The predicted octanol–water partition coefficient (Wildman–Crippen LogP) is 6.41. The van der Waals surface area contributed by atoms with Crippen molar-refractivity contribution in [2.75, 3.05) is 0 Å². The molecule has 0 aliphatic rings. The fourth-order valence-corrected chi connectivity index (χ4v) is 3.34. The minimum atomic E-state index is 0.438. The summed E-state index contributed by atoms with van der Waals surface area (Å²) in [6.45, 7) is 0. The molecule has 0 spiro atoms. The molecule has 2 nitrogen and oxygen atoms in total. The van der Waals surface area contributed by atoms with Crippen molar-refractivity contribution in [1.82, 2.24) is 9.55 Å². The molecule has 0 saturated carbocycles. The molecule has 0 fully saturated rings. The van der Waals surface area contributed by atoms with Crippen LogP contribution in [-0.4, -0.2) is 9.55 Å². The van der Waals surface area contributed by atoms with Crippen LogP contribution >= 0.6 is 63.0 Å². The van der Waals surface area contributed by atoms with Crippen molar-refractivity contribution in [3.63, 3.8) is 0 Å². The normalized spacial score (nSPS) is 11.2. The maximum atomic E-state index is 6.32. The minimum Gasteiger partial charge on any atom is -0.330 e. The number of H-pyrrole nitrogens is 1. The van der Waals surface area contributed by atoms with Crippen LogP contribution in [0.1, 0.15) is 0 Å². The van der Waals surface area contributed by atoms with Crippen molar-refractivity contribution < 1.29 is 0 Å². The van der Waals surface area contributed by atoms with Crippen LogP contribution in [0.2, 0.25) is 15.1 Å². The van der Waals surface area contributed by atoms with Gasteiger partial charge in [-0.15, -0.1) is 0 Å². The summed E-state index contributed by atoms with van der Waals surface area (Å²) in [5.41, 5.74) is 2.45. The number of rotatable bonds is 1. The summed E-state index contributed by atoms with van der Waals surface area (Å²) in [5.74, 6) is 0. The molecule has 0 amide bonds. The number of aromatic amines is 1. The smallest absolute Gasteiger partial charge is 0.182 e. The third-order valence-electron chi connectivity index (χ3n) is 2.90. The molecular formula is C13H6BrCl3N2S. The van der Waals surface area contributed by atoms with Gasteiger partial charge in [0.15, 0.2) is 4.77 Å². The van der Waals surface area contributed by atoms with E-state index in [4.69, 9.17) is 47.0 Å². The zero-order valence-electron chi connectivity index (χ0n) is 9.75. The first-order valence-electron chi connectivity index (χ1n) is 5.53. The van der Waals surface area contributed by atoms with Crippen molar-refractivity contribution in [2.45, 2.75) is 0 Å². The first-order chi connectivity index (χ1) is 9.49. The van der Waals surface area contributed by atoms with Gasteiger partial charge in [0.1, 0.15) is 0 Å². The summed E-state index contributed by atoms with van der Waals surface area (Å²) >= 11 is 27.2. The van der Waals surface area contributed by atoms with E-state index < -0.39 is 0 Å². The number of hydrogen-bond acceptors (Lipinski definition) is 1. The van der Waals surface area contributed by atoms with Gasteiger partial charge >= 0.3 is 0 Å². The molecule has 0 radical (unpaired) electrons. The number of imidazole rings is 1. The Balaban J connectivity index is 2.38. The van der Waals surface area contributed by atoms with Crippen molar-refractivity contribution in [3.05, 3.63) is 54.6 Å². The lowest BCUT2D eigenvalue weighted by molar-refractivity contribution is 1.06. The van der Waals surface area contributed by atoms with Crippen LogP contribution in [0.4, 0.5) is 0 Å². The number of fused-ring (bicyclic) bond motifs is 1. The highest BCUT2D eigenvalue weighted by atomic mass is 79.9. The Kier molecular flexibility index (Phi) is 3.86. The Bertz CT molecular complexity index is 885. The highest BCUT2D eigenvalue weighted by Gasteiger charge is 2.14. The second-order valence-electron chi connectivity index (χ2n) is 4.12. The molecule has 102 valence electrons. The number of benzene rings is 2. The lowest BCUT2D eigenvalue weighted by Gasteiger charge is -2.09. The number of nitrogens with one attached hydrogen (secondary N) is 1. The monoisotopic (exact) mass is 406 g/mol. The standard InChI is InChI=1S/C13H6BrCl3N2S/c14-7-2-4-10(12(17)11(7)16)19-9-3-1-6(15)5-8(9)18-13(19)20/h1-5H,(H,18,20). The van der Waals surface area contributed by atoms with Crippen LogP contribution < -0.4 is 0 Å². The SMILES string of the molecule is S=c1[nH]c2cc(Cl)ccc2n1-c1ccc(Br)c(Cl)c1Cl. The quantitative estimate of drug-likeness (QED) is 0.364. The first kappa shape index (κ1) is 14.4. The van der Waals surface area contributed by atoms with Crippen LogP contribution in [0.25, 0.3) is 16.7 Å². The first-order valence-corrected chi connectivity index (χ1v) is 7.86. The number of hydrogen-bond donors (Lipinski definition) is 1. The number of aromatic nitrogens is 2. The Labute approximate surface area is 143 Å². The van der Waals surface area contributed by atoms with E-state index in [1.807, 2.05) is 28.8 Å². The average Bonchev–Trinajstić information content (AvgIpc) is 2.72. The Morgan fingerprint density at radius 2 is 1.80 bits per heavy atom. The Morgan fingerprint density at radius 1 is 1.05 bits per heavy atom. The van der Waals surface area contributed by atoms with E-state index in [1.54, 1.807) is 6.07 Å². The molecular weight excluding hydrogens is 402 g/mol. The maximum absolute atomic E-state index is 6.32. The summed E-state index contributed by atoms with van der Waals surface area (Å²) in [6.07, 6.45) is 0. The molecule has 2 aromatic carbocycles. The molecule has 7 heteroatoms. The molecule has 1 N–H and O–H groups in total. The molecule has 0 unspecified atom stereocenters. The van der Waals surface area contributed by atoms with Crippen LogP contribution in [0.3, 0.4) is 0 Å². The molecule has 3 rings (SSSR count). The van der Waals surface area contributed by atoms with E-state index in [-0.39, 0.29) is 0 Å². The molecule has 1 aromatic heterocycles. The average molecular weight is 409 g/mol. The van der Waals surface area contributed by atoms with Gasteiger partial charge < -0.3 is 4.98 Å². The van der Waals surface area contributed by atoms with E-state index in [2.05, 4.69) is 20.9 Å². The van der Waals surface area contributed by atoms with Crippen LogP contribution in [0, 0.1) is 4.77 Å². The molecule has 0 saturated heterocycles. The van der Waals surface area contributed by atoms with Crippen LogP contribution in [0.5, 0.6) is 0 Å². The molecule has 1 heterocycles. The third kappa shape index (κ3) is 2.30.